The molecule has 0 saturated carbocycles. The molecule has 0 spiro atoms. The number of benzene rings is 1. The summed E-state index contributed by atoms with van der Waals surface area (Å²) in [5, 5.41) is 6.33. The third-order valence-electron chi connectivity index (χ3n) is 3.84. The predicted molar refractivity (Wildman–Crippen MR) is 79.6 cm³/mol. The van der Waals surface area contributed by atoms with E-state index in [9.17, 15) is 4.79 Å². The average Bonchev–Trinajstić information content (AvgIpc) is 2.67. The minimum Gasteiger partial charge on any atom is -0.489 e. The number of rotatable bonds is 2. The second kappa shape index (κ2) is 5.71. The molecule has 20 heavy (non-hydrogen) atoms. The van der Waals surface area contributed by atoms with Gasteiger partial charge in [0.1, 0.15) is 0 Å². The molecule has 0 atom stereocenters. The summed E-state index contributed by atoms with van der Waals surface area (Å²) < 4.78 is 5.86. The monoisotopic (exact) mass is 275 g/mol. The second-order valence-corrected chi connectivity index (χ2v) is 5.23. The lowest BCUT2D eigenvalue weighted by atomic mass is 10.1. The minimum atomic E-state index is 0.0308. The van der Waals surface area contributed by atoms with Gasteiger partial charge in [0.25, 0.3) is 0 Å². The number of piperazine rings is 1. The van der Waals surface area contributed by atoms with E-state index in [2.05, 4.69) is 28.5 Å². The van der Waals surface area contributed by atoms with Gasteiger partial charge in [-0.3, -0.25) is 4.79 Å². The Kier molecular flexibility index (Phi) is 3.78. The molecule has 0 aliphatic carbocycles. The summed E-state index contributed by atoms with van der Waals surface area (Å²) in [6, 6.07) is 4.23. The minimum absolute atomic E-state index is 0.0308. The zero-order valence-corrected chi connectivity index (χ0v) is 11.9. The fourth-order valence-electron chi connectivity index (χ4n) is 2.72. The first-order valence-electron chi connectivity index (χ1n) is 7.33. The van der Waals surface area contributed by atoms with Gasteiger partial charge in [-0.05, 0) is 24.1 Å². The number of ether oxygens (including phenoxy) is 1. The third kappa shape index (κ3) is 2.58. The molecule has 108 valence electrons. The topological polar surface area (TPSA) is 53.6 Å². The molecular formula is C15H21N3O2. The molecule has 5 nitrogen and oxygen atoms in total. The van der Waals surface area contributed by atoms with Crippen molar-refractivity contribution in [1.29, 1.82) is 0 Å². The molecule has 0 unspecified atom stereocenters. The normalized spacial score (nSPS) is 18.9. The number of nitrogens with one attached hydrogen (secondary N) is 2. The van der Waals surface area contributed by atoms with Gasteiger partial charge in [-0.1, -0.05) is 6.92 Å². The van der Waals surface area contributed by atoms with Crippen molar-refractivity contribution in [2.75, 3.05) is 43.0 Å². The fourth-order valence-corrected chi connectivity index (χ4v) is 2.72. The van der Waals surface area contributed by atoms with Crippen molar-refractivity contribution in [2.45, 2.75) is 19.8 Å². The number of anilines is 2. The number of nitrogens with zero attached hydrogens (tertiary/aromatic N) is 1. The molecule has 1 fully saturated rings. The van der Waals surface area contributed by atoms with Gasteiger partial charge < -0.3 is 20.3 Å². The van der Waals surface area contributed by atoms with Crippen molar-refractivity contribution in [3.8, 4) is 5.75 Å². The Morgan fingerprint density at radius 1 is 1.30 bits per heavy atom. The van der Waals surface area contributed by atoms with Crippen LogP contribution in [0.4, 0.5) is 11.4 Å². The quantitative estimate of drug-likeness (QED) is 0.856. The number of fused-ring (bicyclic) bond motifs is 1. The number of hydrogen-bond acceptors (Lipinski definition) is 4. The fraction of sp³-hybridized carbons (Fsp3) is 0.533. The SMILES string of the molecule is CCc1cc2c(c(N3CCNCC3)c1)OCCC(=O)N2. The van der Waals surface area contributed by atoms with Crippen LogP contribution >= 0.6 is 0 Å². The van der Waals surface area contributed by atoms with Crippen molar-refractivity contribution >= 4 is 17.3 Å². The van der Waals surface area contributed by atoms with Crippen LogP contribution in [0.15, 0.2) is 12.1 Å². The Hall–Kier alpha value is -1.75. The lowest BCUT2D eigenvalue weighted by Crippen LogP contribution is -2.43. The van der Waals surface area contributed by atoms with Crippen molar-refractivity contribution in [3.63, 3.8) is 0 Å². The molecule has 5 heteroatoms. The summed E-state index contributed by atoms with van der Waals surface area (Å²) in [5.41, 5.74) is 3.16. The number of hydrogen-bond donors (Lipinski definition) is 2. The number of amides is 1. The van der Waals surface area contributed by atoms with Crippen molar-refractivity contribution in [2.24, 2.45) is 0 Å². The van der Waals surface area contributed by atoms with Crippen molar-refractivity contribution in [1.82, 2.24) is 5.32 Å². The molecule has 3 rings (SSSR count). The van der Waals surface area contributed by atoms with Crippen LogP contribution in [0.3, 0.4) is 0 Å². The highest BCUT2D eigenvalue weighted by atomic mass is 16.5. The van der Waals surface area contributed by atoms with Crippen LogP contribution in [-0.4, -0.2) is 38.7 Å². The van der Waals surface area contributed by atoms with Crippen LogP contribution in [0.2, 0.25) is 0 Å². The largest absolute Gasteiger partial charge is 0.489 e. The van der Waals surface area contributed by atoms with Crippen LogP contribution in [-0.2, 0) is 11.2 Å². The predicted octanol–water partition coefficient (Wildman–Crippen LogP) is 1.38. The molecule has 1 aromatic rings. The van der Waals surface area contributed by atoms with E-state index in [1.165, 1.54) is 5.56 Å². The van der Waals surface area contributed by atoms with Gasteiger partial charge in [0, 0.05) is 26.2 Å². The zero-order chi connectivity index (χ0) is 13.9. The Morgan fingerprint density at radius 3 is 2.85 bits per heavy atom. The first kappa shape index (κ1) is 13.2. The molecular weight excluding hydrogens is 254 g/mol. The third-order valence-corrected chi connectivity index (χ3v) is 3.84. The summed E-state index contributed by atoms with van der Waals surface area (Å²) in [6.07, 6.45) is 1.36. The zero-order valence-electron chi connectivity index (χ0n) is 11.9. The summed E-state index contributed by atoms with van der Waals surface area (Å²) in [5.74, 6) is 0.859. The number of aryl methyl sites for hydroxylation is 1. The van der Waals surface area contributed by atoms with E-state index in [1.807, 2.05) is 6.07 Å². The molecule has 2 N–H and O–H groups in total. The molecule has 2 aliphatic heterocycles. The van der Waals surface area contributed by atoms with Gasteiger partial charge >= 0.3 is 0 Å². The summed E-state index contributed by atoms with van der Waals surface area (Å²) in [7, 11) is 0. The van der Waals surface area contributed by atoms with Crippen LogP contribution in [0.1, 0.15) is 18.9 Å². The molecule has 0 radical (unpaired) electrons. The van der Waals surface area contributed by atoms with E-state index in [0.29, 0.717) is 13.0 Å². The van der Waals surface area contributed by atoms with Crippen molar-refractivity contribution < 1.29 is 9.53 Å². The first-order chi connectivity index (χ1) is 9.78. The molecule has 1 amide bonds. The van der Waals surface area contributed by atoms with Crippen LogP contribution in [0.25, 0.3) is 0 Å². The maximum absolute atomic E-state index is 11.7. The molecule has 2 heterocycles. The van der Waals surface area contributed by atoms with Crippen LogP contribution in [0, 0.1) is 0 Å². The second-order valence-electron chi connectivity index (χ2n) is 5.23. The van der Waals surface area contributed by atoms with Gasteiger partial charge in [0.2, 0.25) is 5.91 Å². The van der Waals surface area contributed by atoms with E-state index >= 15 is 0 Å². The average molecular weight is 275 g/mol. The highest BCUT2D eigenvalue weighted by molar-refractivity contribution is 5.95. The highest BCUT2D eigenvalue weighted by Gasteiger charge is 2.22. The van der Waals surface area contributed by atoms with E-state index in [0.717, 1.165) is 49.7 Å². The Labute approximate surface area is 119 Å². The number of carbonyl (C=O) groups excluding carboxylic acids is 1. The van der Waals surface area contributed by atoms with E-state index in [-0.39, 0.29) is 5.91 Å². The lowest BCUT2D eigenvalue weighted by molar-refractivity contribution is -0.116. The summed E-state index contributed by atoms with van der Waals surface area (Å²) in [6.45, 7) is 6.48. The van der Waals surface area contributed by atoms with E-state index in [4.69, 9.17) is 4.74 Å². The lowest BCUT2D eigenvalue weighted by Gasteiger charge is -2.31. The molecule has 1 saturated heterocycles. The van der Waals surface area contributed by atoms with Gasteiger partial charge in [-0.25, -0.2) is 0 Å². The summed E-state index contributed by atoms with van der Waals surface area (Å²) >= 11 is 0. The Morgan fingerprint density at radius 2 is 2.10 bits per heavy atom. The maximum Gasteiger partial charge on any atom is 0.227 e. The van der Waals surface area contributed by atoms with E-state index in [1.54, 1.807) is 0 Å². The molecule has 0 bridgehead atoms. The Balaban J connectivity index is 2.02. The highest BCUT2D eigenvalue weighted by Crippen LogP contribution is 2.39. The van der Waals surface area contributed by atoms with Gasteiger partial charge in [0.05, 0.1) is 24.4 Å². The van der Waals surface area contributed by atoms with Gasteiger partial charge in [-0.2, -0.15) is 0 Å². The first-order valence-corrected chi connectivity index (χ1v) is 7.33. The van der Waals surface area contributed by atoms with Gasteiger partial charge in [0.15, 0.2) is 5.75 Å². The van der Waals surface area contributed by atoms with E-state index < -0.39 is 0 Å². The van der Waals surface area contributed by atoms with Crippen molar-refractivity contribution in [3.05, 3.63) is 17.7 Å². The smallest absolute Gasteiger partial charge is 0.227 e. The number of carbonyl (C=O) groups is 1. The molecule has 0 aromatic heterocycles. The summed E-state index contributed by atoms with van der Waals surface area (Å²) in [4.78, 5) is 14.1. The maximum atomic E-state index is 11.7. The van der Waals surface area contributed by atoms with Crippen LogP contribution < -0.4 is 20.3 Å². The van der Waals surface area contributed by atoms with Crippen LogP contribution in [0.5, 0.6) is 5.75 Å². The Bertz CT molecular complexity index is 510. The molecule has 2 aliphatic rings. The molecule has 1 aromatic carbocycles. The standard InChI is InChI=1S/C15H21N3O2/c1-2-11-9-12-15(20-8-3-14(19)17-12)13(10-11)18-6-4-16-5-7-18/h9-10,16H,2-8H2,1H3,(H,17,19). The van der Waals surface area contributed by atoms with Gasteiger partial charge in [-0.15, -0.1) is 0 Å².